The van der Waals surface area contributed by atoms with Crippen LogP contribution in [0.1, 0.15) is 38.0 Å². The van der Waals surface area contributed by atoms with Gasteiger partial charge in [-0.05, 0) is 43.3 Å². The van der Waals surface area contributed by atoms with E-state index in [0.29, 0.717) is 5.56 Å². The zero-order valence-corrected chi connectivity index (χ0v) is 22.2. The first-order valence-corrected chi connectivity index (χ1v) is 12.9. The Morgan fingerprint density at radius 2 is 1.17 bits per heavy atom. The van der Waals surface area contributed by atoms with Crippen molar-refractivity contribution < 1.29 is 42.9 Å². The zero-order chi connectivity index (χ0) is 29.2. The van der Waals surface area contributed by atoms with Crippen LogP contribution in [0, 0.1) is 0 Å². The number of benzene rings is 3. The van der Waals surface area contributed by atoms with Gasteiger partial charge in [0, 0.05) is 11.8 Å². The van der Waals surface area contributed by atoms with Gasteiger partial charge in [-0.1, -0.05) is 54.6 Å². The number of carbonyl (C=O) groups excluding carboxylic acids is 4. The Hall–Kier alpha value is -4.96. The second kappa shape index (κ2) is 13.9. The molecule has 212 valence electrons. The SMILES string of the molecule is CCOC(=O)/C=C(\N)[C@@H]1O[C@H](COC(=O)c2ccccc2)[C@@H](OC(=O)c2ccccc2)[C@H]1OC(=O)c1ccccc1. The first-order chi connectivity index (χ1) is 19.9. The predicted molar refractivity (Wildman–Crippen MR) is 146 cm³/mol. The van der Waals surface area contributed by atoms with Crippen molar-refractivity contribution in [1.82, 2.24) is 0 Å². The van der Waals surface area contributed by atoms with Crippen LogP contribution < -0.4 is 5.73 Å². The summed E-state index contributed by atoms with van der Waals surface area (Å²) >= 11 is 0. The highest BCUT2D eigenvalue weighted by atomic mass is 16.7. The molecule has 1 heterocycles. The van der Waals surface area contributed by atoms with Gasteiger partial charge in [0.1, 0.15) is 18.8 Å². The Labute approximate surface area is 236 Å². The van der Waals surface area contributed by atoms with Crippen LogP contribution in [0.5, 0.6) is 0 Å². The highest BCUT2D eigenvalue weighted by Crippen LogP contribution is 2.31. The van der Waals surface area contributed by atoms with Gasteiger partial charge in [-0.3, -0.25) is 0 Å². The van der Waals surface area contributed by atoms with Gasteiger partial charge in [-0.15, -0.1) is 0 Å². The maximum atomic E-state index is 13.1. The van der Waals surface area contributed by atoms with Gasteiger partial charge in [-0.2, -0.15) is 0 Å². The predicted octanol–water partition coefficient (Wildman–Crippen LogP) is 3.47. The maximum Gasteiger partial charge on any atom is 0.338 e. The number of hydrogen-bond acceptors (Lipinski definition) is 10. The van der Waals surface area contributed by atoms with Crippen molar-refractivity contribution in [1.29, 1.82) is 0 Å². The van der Waals surface area contributed by atoms with E-state index in [1.165, 1.54) is 0 Å². The van der Waals surface area contributed by atoms with E-state index in [0.717, 1.165) is 6.08 Å². The molecule has 0 aromatic heterocycles. The minimum atomic E-state index is -1.30. The Balaban J connectivity index is 1.66. The summed E-state index contributed by atoms with van der Waals surface area (Å²) < 4.78 is 28.1. The molecule has 3 aromatic carbocycles. The second-order valence-electron chi connectivity index (χ2n) is 8.93. The van der Waals surface area contributed by atoms with Crippen molar-refractivity contribution >= 4 is 23.9 Å². The van der Waals surface area contributed by atoms with E-state index in [4.69, 9.17) is 29.4 Å². The summed E-state index contributed by atoms with van der Waals surface area (Å²) in [5.74, 6) is -2.85. The molecule has 0 bridgehead atoms. The topological polar surface area (TPSA) is 140 Å². The van der Waals surface area contributed by atoms with E-state index in [1.54, 1.807) is 97.9 Å². The molecule has 1 aliphatic heterocycles. The Kier molecular flexibility index (Phi) is 9.85. The first-order valence-electron chi connectivity index (χ1n) is 12.9. The quantitative estimate of drug-likeness (QED) is 0.223. The minimum absolute atomic E-state index is 0.107. The summed E-state index contributed by atoms with van der Waals surface area (Å²) in [6.07, 6.45) is -3.91. The molecule has 0 saturated carbocycles. The van der Waals surface area contributed by atoms with E-state index in [-0.39, 0.29) is 30.0 Å². The molecule has 41 heavy (non-hydrogen) atoms. The fourth-order valence-electron chi connectivity index (χ4n) is 4.15. The lowest BCUT2D eigenvalue weighted by Crippen LogP contribution is -2.43. The lowest BCUT2D eigenvalue weighted by molar-refractivity contribution is -0.137. The summed E-state index contributed by atoms with van der Waals surface area (Å²) in [6.45, 7) is 1.37. The molecule has 2 N–H and O–H groups in total. The number of rotatable bonds is 10. The molecule has 0 amide bonds. The second-order valence-corrected chi connectivity index (χ2v) is 8.93. The lowest BCUT2D eigenvalue weighted by Gasteiger charge is -2.24. The van der Waals surface area contributed by atoms with Crippen LogP contribution in [-0.2, 0) is 28.5 Å². The van der Waals surface area contributed by atoms with E-state index in [2.05, 4.69) is 0 Å². The van der Waals surface area contributed by atoms with Gasteiger partial charge in [0.25, 0.3) is 0 Å². The third-order valence-electron chi connectivity index (χ3n) is 6.10. The molecule has 1 aliphatic rings. The van der Waals surface area contributed by atoms with Crippen LogP contribution in [-0.4, -0.2) is 61.5 Å². The molecular formula is C31H29NO9. The fourth-order valence-corrected chi connectivity index (χ4v) is 4.15. The third-order valence-corrected chi connectivity index (χ3v) is 6.10. The van der Waals surface area contributed by atoms with E-state index < -0.39 is 48.3 Å². The average molecular weight is 560 g/mol. The van der Waals surface area contributed by atoms with E-state index >= 15 is 0 Å². The van der Waals surface area contributed by atoms with Gasteiger partial charge in [0.15, 0.2) is 12.2 Å². The number of hydrogen-bond donors (Lipinski definition) is 1. The first kappa shape index (κ1) is 29.0. The molecule has 10 heteroatoms. The number of nitrogens with two attached hydrogens (primary N) is 1. The van der Waals surface area contributed by atoms with Gasteiger partial charge in [0.05, 0.1) is 23.3 Å². The van der Waals surface area contributed by atoms with Crippen LogP contribution in [0.3, 0.4) is 0 Å². The smallest absolute Gasteiger partial charge is 0.338 e. The monoisotopic (exact) mass is 559 g/mol. The Morgan fingerprint density at radius 1 is 0.707 bits per heavy atom. The van der Waals surface area contributed by atoms with Crippen LogP contribution in [0.2, 0.25) is 0 Å². The zero-order valence-electron chi connectivity index (χ0n) is 22.2. The van der Waals surface area contributed by atoms with Crippen molar-refractivity contribution in [2.75, 3.05) is 13.2 Å². The average Bonchev–Trinajstić information content (AvgIpc) is 3.33. The highest BCUT2D eigenvalue weighted by Gasteiger charge is 2.51. The molecule has 0 aliphatic carbocycles. The van der Waals surface area contributed by atoms with Crippen molar-refractivity contribution in [3.05, 3.63) is 119 Å². The molecule has 1 saturated heterocycles. The molecular weight excluding hydrogens is 530 g/mol. The molecule has 10 nitrogen and oxygen atoms in total. The largest absolute Gasteiger partial charge is 0.463 e. The van der Waals surface area contributed by atoms with E-state index in [9.17, 15) is 19.2 Å². The van der Waals surface area contributed by atoms with Crippen molar-refractivity contribution in [3.63, 3.8) is 0 Å². The van der Waals surface area contributed by atoms with Crippen LogP contribution >= 0.6 is 0 Å². The summed E-state index contributed by atoms with van der Waals surface area (Å²) in [7, 11) is 0. The maximum absolute atomic E-state index is 13.1. The molecule has 1 fully saturated rings. The van der Waals surface area contributed by atoms with E-state index in [1.807, 2.05) is 0 Å². The summed E-state index contributed by atoms with van der Waals surface area (Å²) in [5, 5.41) is 0. The Bertz CT molecular complexity index is 1380. The number of carbonyl (C=O) groups is 4. The third kappa shape index (κ3) is 7.58. The van der Waals surface area contributed by atoms with Crippen molar-refractivity contribution in [2.24, 2.45) is 5.73 Å². The molecule has 0 radical (unpaired) electrons. The van der Waals surface area contributed by atoms with Gasteiger partial charge >= 0.3 is 23.9 Å². The molecule has 0 unspecified atom stereocenters. The van der Waals surface area contributed by atoms with Gasteiger partial charge in [-0.25, -0.2) is 19.2 Å². The van der Waals surface area contributed by atoms with Gasteiger partial charge in [0.2, 0.25) is 0 Å². The van der Waals surface area contributed by atoms with Gasteiger partial charge < -0.3 is 29.4 Å². The summed E-state index contributed by atoms with van der Waals surface area (Å²) in [4.78, 5) is 51.0. The molecule has 4 rings (SSSR count). The summed E-state index contributed by atoms with van der Waals surface area (Å²) in [6, 6.07) is 24.6. The number of esters is 4. The van der Waals surface area contributed by atoms with Crippen molar-refractivity contribution in [3.8, 4) is 0 Å². The summed E-state index contributed by atoms with van der Waals surface area (Å²) in [5.41, 5.74) is 6.85. The normalized spacial score (nSPS) is 20.1. The van der Waals surface area contributed by atoms with Crippen LogP contribution in [0.15, 0.2) is 103 Å². The van der Waals surface area contributed by atoms with Crippen LogP contribution in [0.4, 0.5) is 0 Å². The highest BCUT2D eigenvalue weighted by molar-refractivity contribution is 5.91. The lowest BCUT2D eigenvalue weighted by atomic mass is 10.0. The number of ether oxygens (including phenoxy) is 5. The Morgan fingerprint density at radius 3 is 1.66 bits per heavy atom. The van der Waals surface area contributed by atoms with Crippen molar-refractivity contribution in [2.45, 2.75) is 31.3 Å². The van der Waals surface area contributed by atoms with Crippen LogP contribution in [0.25, 0.3) is 0 Å². The molecule has 0 spiro atoms. The molecule has 4 atom stereocenters. The molecule has 3 aromatic rings. The fraction of sp³-hybridized carbons (Fsp3) is 0.226. The standard InChI is InChI=1S/C31H29NO9/c1-2-37-25(33)18-23(32)26-28(41-31(36)22-16-10-5-11-17-22)27(40-30(35)21-14-8-4-9-15-21)24(39-26)19-38-29(34)20-12-6-3-7-13-20/h3-18,24,26-28H,2,19,32H2,1H3/b23-18-/t24-,26+,27-,28+/m1/s1. The minimum Gasteiger partial charge on any atom is -0.463 e.